The number of halogens is 1. The molecule has 41 heavy (non-hydrogen) atoms. The van der Waals surface area contributed by atoms with Crippen molar-refractivity contribution in [2.24, 2.45) is 0 Å². The molecule has 10 heteroatoms. The third-order valence-corrected chi connectivity index (χ3v) is 8.92. The zero-order chi connectivity index (χ0) is 30.2. The van der Waals surface area contributed by atoms with Gasteiger partial charge >= 0.3 is 0 Å². The molecule has 0 fully saturated rings. The average molecular weight is 600 g/mol. The summed E-state index contributed by atoms with van der Waals surface area (Å²) in [5.41, 5.74) is 1.93. The maximum atomic E-state index is 14.1. The van der Waals surface area contributed by atoms with Crippen LogP contribution < -0.4 is 14.4 Å². The molecule has 3 rings (SSSR count). The highest BCUT2D eigenvalue weighted by atomic mass is 35.5. The monoisotopic (exact) mass is 599 g/mol. The van der Waals surface area contributed by atoms with Crippen molar-refractivity contribution in [2.45, 2.75) is 64.1 Å². The second-order valence-corrected chi connectivity index (χ2v) is 12.2. The largest absolute Gasteiger partial charge is 0.497 e. The molecule has 0 radical (unpaired) electrons. The van der Waals surface area contributed by atoms with Crippen LogP contribution in [0.25, 0.3) is 0 Å². The second kappa shape index (κ2) is 14.4. The Morgan fingerprint density at radius 1 is 0.976 bits per heavy atom. The first kappa shape index (κ1) is 32.0. The molecule has 2 atom stereocenters. The van der Waals surface area contributed by atoms with E-state index in [9.17, 15) is 18.0 Å². The lowest BCUT2D eigenvalue weighted by Crippen LogP contribution is -2.53. The molecule has 0 aromatic heterocycles. The first-order valence-corrected chi connectivity index (χ1v) is 15.4. The third-order valence-electron chi connectivity index (χ3n) is 6.88. The Morgan fingerprint density at radius 3 is 2.22 bits per heavy atom. The number of hydrogen-bond acceptors (Lipinski definition) is 5. The number of rotatable bonds is 13. The molecule has 1 N–H and O–H groups in total. The topological polar surface area (TPSA) is 96.0 Å². The van der Waals surface area contributed by atoms with Crippen LogP contribution in [0.1, 0.15) is 44.7 Å². The van der Waals surface area contributed by atoms with Crippen molar-refractivity contribution in [2.75, 3.05) is 18.0 Å². The molecule has 8 nitrogen and oxygen atoms in total. The highest BCUT2D eigenvalue weighted by Gasteiger charge is 2.34. The molecule has 0 saturated heterocycles. The fourth-order valence-electron chi connectivity index (χ4n) is 4.30. The van der Waals surface area contributed by atoms with E-state index >= 15 is 0 Å². The summed E-state index contributed by atoms with van der Waals surface area (Å²) in [5, 5.41) is 3.40. The Bertz CT molecular complexity index is 1430. The standard InChI is InChI=1S/C31H38ClN3O5S/c1-6-23(4)33-31(37)29(7-2)34(20-24-9-8-10-27(19-24)40-5)30(36)21-35(26-15-13-25(32)14-16-26)41(38,39)28-17-11-22(3)12-18-28/h8-19,23,29H,6-7,20-21H2,1-5H3,(H,33,37)/t23-,29-/m0/s1. The minimum atomic E-state index is -4.15. The number of methoxy groups -OCH3 is 1. The minimum absolute atomic E-state index is 0.0479. The van der Waals surface area contributed by atoms with Gasteiger partial charge in [-0.05, 0) is 80.8 Å². The van der Waals surface area contributed by atoms with E-state index in [0.717, 1.165) is 21.9 Å². The molecule has 0 aliphatic carbocycles. The summed E-state index contributed by atoms with van der Waals surface area (Å²) in [6.07, 6.45) is 1.06. The summed E-state index contributed by atoms with van der Waals surface area (Å²) in [5.74, 6) is -0.209. The lowest BCUT2D eigenvalue weighted by atomic mass is 10.1. The molecule has 0 bridgehead atoms. The third kappa shape index (κ3) is 8.24. The van der Waals surface area contributed by atoms with E-state index in [-0.39, 0.29) is 29.1 Å². The number of carbonyl (C=O) groups excluding carboxylic acids is 2. The zero-order valence-corrected chi connectivity index (χ0v) is 25.7. The van der Waals surface area contributed by atoms with Crippen LogP contribution in [-0.2, 0) is 26.2 Å². The van der Waals surface area contributed by atoms with Gasteiger partial charge in [-0.2, -0.15) is 0 Å². The van der Waals surface area contributed by atoms with E-state index in [1.165, 1.54) is 17.0 Å². The SMILES string of the molecule is CC[C@H](C)NC(=O)[C@H](CC)N(Cc1cccc(OC)c1)C(=O)CN(c1ccc(Cl)cc1)S(=O)(=O)c1ccc(C)cc1. The number of anilines is 1. The summed E-state index contributed by atoms with van der Waals surface area (Å²) in [6.45, 7) is 7.12. The van der Waals surface area contributed by atoms with Crippen molar-refractivity contribution >= 4 is 39.1 Å². The van der Waals surface area contributed by atoms with Crippen LogP contribution >= 0.6 is 11.6 Å². The first-order chi connectivity index (χ1) is 19.5. The quantitative estimate of drug-likeness (QED) is 0.277. The second-order valence-electron chi connectivity index (χ2n) is 9.92. The van der Waals surface area contributed by atoms with Gasteiger partial charge in [0.2, 0.25) is 11.8 Å². The smallest absolute Gasteiger partial charge is 0.264 e. The van der Waals surface area contributed by atoms with Crippen LogP contribution in [0.15, 0.2) is 77.7 Å². The van der Waals surface area contributed by atoms with Crippen molar-refractivity contribution in [3.63, 3.8) is 0 Å². The van der Waals surface area contributed by atoms with Crippen LogP contribution in [0.3, 0.4) is 0 Å². The molecule has 0 heterocycles. The predicted molar refractivity (Wildman–Crippen MR) is 163 cm³/mol. The zero-order valence-electron chi connectivity index (χ0n) is 24.1. The summed E-state index contributed by atoms with van der Waals surface area (Å²) in [7, 11) is -2.60. The summed E-state index contributed by atoms with van der Waals surface area (Å²) in [6, 6.07) is 19.0. The normalized spacial score (nSPS) is 12.7. The predicted octanol–water partition coefficient (Wildman–Crippen LogP) is 5.57. The Balaban J connectivity index is 2.06. The van der Waals surface area contributed by atoms with Gasteiger partial charge in [0.15, 0.2) is 0 Å². The number of benzene rings is 3. The molecule has 0 aliphatic rings. The number of hydrogen-bond donors (Lipinski definition) is 1. The van der Waals surface area contributed by atoms with Gasteiger partial charge in [-0.25, -0.2) is 8.42 Å². The van der Waals surface area contributed by atoms with Crippen LogP contribution in [0.4, 0.5) is 5.69 Å². The molecular formula is C31H38ClN3O5S. The van der Waals surface area contributed by atoms with E-state index in [0.29, 0.717) is 17.2 Å². The lowest BCUT2D eigenvalue weighted by Gasteiger charge is -2.33. The Kier molecular flexibility index (Phi) is 11.2. The highest BCUT2D eigenvalue weighted by molar-refractivity contribution is 7.92. The van der Waals surface area contributed by atoms with E-state index in [4.69, 9.17) is 16.3 Å². The van der Waals surface area contributed by atoms with E-state index in [1.807, 2.05) is 33.8 Å². The number of sulfonamides is 1. The number of ether oxygens (including phenoxy) is 1. The summed E-state index contributed by atoms with van der Waals surface area (Å²) < 4.78 is 34.2. The van der Waals surface area contributed by atoms with Crippen molar-refractivity contribution in [1.29, 1.82) is 0 Å². The van der Waals surface area contributed by atoms with Crippen molar-refractivity contribution in [3.05, 3.63) is 88.9 Å². The average Bonchev–Trinajstić information content (AvgIpc) is 2.96. The van der Waals surface area contributed by atoms with Crippen LogP contribution in [-0.4, -0.2) is 50.9 Å². The van der Waals surface area contributed by atoms with Gasteiger partial charge in [0, 0.05) is 17.6 Å². The molecule has 0 spiro atoms. The van der Waals surface area contributed by atoms with Crippen molar-refractivity contribution in [1.82, 2.24) is 10.2 Å². The van der Waals surface area contributed by atoms with E-state index in [1.54, 1.807) is 61.7 Å². The van der Waals surface area contributed by atoms with Crippen LogP contribution in [0.2, 0.25) is 5.02 Å². The maximum absolute atomic E-state index is 14.1. The molecular weight excluding hydrogens is 562 g/mol. The van der Waals surface area contributed by atoms with E-state index in [2.05, 4.69) is 5.32 Å². The fourth-order valence-corrected chi connectivity index (χ4v) is 5.84. The molecule has 0 unspecified atom stereocenters. The Labute approximate surface area is 248 Å². The van der Waals surface area contributed by atoms with Gasteiger partial charge in [0.25, 0.3) is 10.0 Å². The number of amides is 2. The molecule has 0 aliphatic heterocycles. The molecule has 3 aromatic rings. The van der Waals surface area contributed by atoms with Gasteiger partial charge in [0.05, 0.1) is 17.7 Å². The van der Waals surface area contributed by atoms with Gasteiger partial charge in [-0.1, -0.05) is 55.3 Å². The van der Waals surface area contributed by atoms with Crippen molar-refractivity contribution in [3.8, 4) is 5.75 Å². The van der Waals surface area contributed by atoms with Gasteiger partial charge < -0.3 is 15.0 Å². The fraction of sp³-hybridized carbons (Fsp3) is 0.355. The number of nitrogens with one attached hydrogen (secondary N) is 1. The Morgan fingerprint density at radius 2 is 1.63 bits per heavy atom. The number of aryl methyl sites for hydroxylation is 1. The number of carbonyl (C=O) groups is 2. The molecule has 3 aromatic carbocycles. The Hall–Kier alpha value is -3.56. The van der Waals surface area contributed by atoms with Crippen molar-refractivity contribution < 1.29 is 22.7 Å². The summed E-state index contributed by atoms with van der Waals surface area (Å²) >= 11 is 6.09. The molecule has 220 valence electrons. The van der Waals surface area contributed by atoms with Crippen LogP contribution in [0.5, 0.6) is 5.75 Å². The van der Waals surface area contributed by atoms with Gasteiger partial charge in [-0.15, -0.1) is 0 Å². The highest BCUT2D eigenvalue weighted by Crippen LogP contribution is 2.27. The maximum Gasteiger partial charge on any atom is 0.264 e. The van der Waals surface area contributed by atoms with Gasteiger partial charge in [0.1, 0.15) is 18.3 Å². The first-order valence-electron chi connectivity index (χ1n) is 13.6. The number of nitrogens with zero attached hydrogens (tertiary/aromatic N) is 2. The van der Waals surface area contributed by atoms with Crippen LogP contribution in [0, 0.1) is 6.92 Å². The van der Waals surface area contributed by atoms with E-state index < -0.39 is 28.5 Å². The minimum Gasteiger partial charge on any atom is -0.497 e. The summed E-state index contributed by atoms with van der Waals surface area (Å²) in [4.78, 5) is 29.0. The molecule has 2 amide bonds. The van der Waals surface area contributed by atoms with Gasteiger partial charge in [-0.3, -0.25) is 13.9 Å². The molecule has 0 saturated carbocycles. The lowest BCUT2D eigenvalue weighted by molar-refractivity contribution is -0.140.